The largest absolute Gasteiger partial charge is 0.351 e. The summed E-state index contributed by atoms with van der Waals surface area (Å²) >= 11 is 0. The number of amides is 1. The van der Waals surface area contributed by atoms with Crippen molar-refractivity contribution in [2.75, 3.05) is 22.5 Å². The van der Waals surface area contributed by atoms with Gasteiger partial charge in [-0.15, -0.1) is 0 Å². The van der Waals surface area contributed by atoms with Crippen LogP contribution in [0.3, 0.4) is 0 Å². The molecule has 1 fully saturated rings. The molecule has 1 unspecified atom stereocenters. The van der Waals surface area contributed by atoms with Crippen molar-refractivity contribution >= 4 is 42.4 Å². The topological polar surface area (TPSA) is 114 Å². The van der Waals surface area contributed by atoms with Crippen molar-refractivity contribution in [1.82, 2.24) is 9.88 Å². The van der Waals surface area contributed by atoms with Crippen LogP contribution in [0.4, 0.5) is 5.69 Å². The fourth-order valence-electron chi connectivity index (χ4n) is 2.99. The van der Waals surface area contributed by atoms with E-state index in [0.717, 1.165) is 6.26 Å². The zero-order chi connectivity index (χ0) is 18.2. The van der Waals surface area contributed by atoms with E-state index in [-0.39, 0.29) is 30.0 Å². The number of carbonyl (C=O) groups excluding carboxylic acids is 1. The SMILES string of the molecule is CS(=O)(=O)Nc1cccc2c1ccn2CC(=O)NC1CCS(=O)(=O)C1. The van der Waals surface area contributed by atoms with Gasteiger partial charge in [-0.3, -0.25) is 9.52 Å². The predicted molar refractivity (Wildman–Crippen MR) is 95.6 cm³/mol. The summed E-state index contributed by atoms with van der Waals surface area (Å²) in [5.74, 6) is -0.195. The van der Waals surface area contributed by atoms with Crippen LogP contribution in [0.2, 0.25) is 0 Å². The number of nitrogens with one attached hydrogen (secondary N) is 2. The van der Waals surface area contributed by atoms with Gasteiger partial charge in [0.15, 0.2) is 9.84 Å². The maximum Gasteiger partial charge on any atom is 0.240 e. The first-order chi connectivity index (χ1) is 11.6. The molecule has 0 bridgehead atoms. The summed E-state index contributed by atoms with van der Waals surface area (Å²) in [6.45, 7) is 0.0301. The third-order valence-corrected chi connectivity index (χ3v) is 6.38. The van der Waals surface area contributed by atoms with Crippen molar-refractivity contribution in [3.8, 4) is 0 Å². The fourth-order valence-corrected chi connectivity index (χ4v) is 5.24. The minimum absolute atomic E-state index is 0.0202. The second-order valence-corrected chi connectivity index (χ2v) is 10.2. The number of fused-ring (bicyclic) bond motifs is 1. The quantitative estimate of drug-likeness (QED) is 0.769. The van der Waals surface area contributed by atoms with Gasteiger partial charge in [-0.05, 0) is 24.6 Å². The zero-order valence-electron chi connectivity index (χ0n) is 13.6. The Labute approximate surface area is 146 Å². The first-order valence-electron chi connectivity index (χ1n) is 7.68. The Kier molecular flexibility index (Phi) is 4.50. The summed E-state index contributed by atoms with van der Waals surface area (Å²) in [6.07, 6.45) is 3.21. The van der Waals surface area contributed by atoms with Crippen LogP contribution in [0.25, 0.3) is 10.9 Å². The molecule has 0 spiro atoms. The summed E-state index contributed by atoms with van der Waals surface area (Å²) in [7, 11) is -6.45. The van der Waals surface area contributed by atoms with Crippen LogP contribution < -0.4 is 10.0 Å². The molecule has 1 aromatic heterocycles. The Bertz CT molecular complexity index is 1020. The molecule has 136 valence electrons. The lowest BCUT2D eigenvalue weighted by Crippen LogP contribution is -2.37. The van der Waals surface area contributed by atoms with Gasteiger partial charge < -0.3 is 9.88 Å². The normalized spacial score (nSPS) is 19.8. The van der Waals surface area contributed by atoms with Crippen molar-refractivity contribution in [3.05, 3.63) is 30.5 Å². The summed E-state index contributed by atoms with van der Waals surface area (Å²) in [6, 6.07) is 6.53. The monoisotopic (exact) mass is 385 g/mol. The summed E-state index contributed by atoms with van der Waals surface area (Å²) in [5.41, 5.74) is 1.16. The van der Waals surface area contributed by atoms with Crippen LogP contribution in [-0.4, -0.2) is 51.1 Å². The third kappa shape index (κ3) is 4.31. The molecule has 0 aliphatic carbocycles. The van der Waals surface area contributed by atoms with Gasteiger partial charge >= 0.3 is 0 Å². The number of aromatic nitrogens is 1. The lowest BCUT2D eigenvalue weighted by molar-refractivity contribution is -0.122. The van der Waals surface area contributed by atoms with E-state index in [1.165, 1.54) is 0 Å². The van der Waals surface area contributed by atoms with Crippen molar-refractivity contribution in [2.45, 2.75) is 19.0 Å². The molecule has 2 heterocycles. The molecular weight excluding hydrogens is 366 g/mol. The summed E-state index contributed by atoms with van der Waals surface area (Å²) in [4.78, 5) is 12.2. The average molecular weight is 385 g/mol. The number of sulfone groups is 1. The van der Waals surface area contributed by atoms with E-state index in [4.69, 9.17) is 0 Å². The lowest BCUT2D eigenvalue weighted by atomic mass is 10.2. The van der Waals surface area contributed by atoms with Crippen molar-refractivity contribution in [1.29, 1.82) is 0 Å². The highest BCUT2D eigenvalue weighted by Gasteiger charge is 2.28. The van der Waals surface area contributed by atoms with Gasteiger partial charge in [-0.1, -0.05) is 6.07 Å². The predicted octanol–water partition coefficient (Wildman–Crippen LogP) is 0.316. The average Bonchev–Trinajstić information content (AvgIpc) is 3.02. The molecule has 10 heteroatoms. The van der Waals surface area contributed by atoms with Crippen LogP contribution >= 0.6 is 0 Å². The summed E-state index contributed by atoms with van der Waals surface area (Å²) < 4.78 is 49.9. The van der Waals surface area contributed by atoms with Crippen LogP contribution in [0.1, 0.15) is 6.42 Å². The number of rotatable bonds is 5. The minimum Gasteiger partial charge on any atom is -0.351 e. The van der Waals surface area contributed by atoms with Crippen molar-refractivity contribution < 1.29 is 21.6 Å². The first kappa shape index (κ1) is 17.7. The van der Waals surface area contributed by atoms with Crippen LogP contribution in [0, 0.1) is 0 Å². The molecule has 8 nitrogen and oxygen atoms in total. The van der Waals surface area contributed by atoms with Gasteiger partial charge in [0, 0.05) is 17.6 Å². The van der Waals surface area contributed by atoms with Gasteiger partial charge in [0.1, 0.15) is 6.54 Å². The molecule has 2 N–H and O–H groups in total. The third-order valence-electron chi connectivity index (χ3n) is 4.02. The molecule has 3 rings (SSSR count). The smallest absolute Gasteiger partial charge is 0.240 e. The highest BCUT2D eigenvalue weighted by Crippen LogP contribution is 2.25. The Hall–Kier alpha value is -2.07. The molecule has 0 radical (unpaired) electrons. The van der Waals surface area contributed by atoms with E-state index in [0.29, 0.717) is 23.0 Å². The van der Waals surface area contributed by atoms with E-state index >= 15 is 0 Å². The van der Waals surface area contributed by atoms with Gasteiger partial charge in [0.25, 0.3) is 0 Å². The number of hydrogen-bond donors (Lipinski definition) is 2. The van der Waals surface area contributed by atoms with E-state index in [9.17, 15) is 21.6 Å². The lowest BCUT2D eigenvalue weighted by Gasteiger charge is -2.12. The minimum atomic E-state index is -3.40. The number of sulfonamides is 1. The molecule has 1 atom stereocenters. The second-order valence-electron chi connectivity index (χ2n) is 6.22. The molecular formula is C15H19N3O5S2. The maximum atomic E-state index is 12.2. The molecule has 1 aliphatic rings. The van der Waals surface area contributed by atoms with Crippen LogP contribution in [0.15, 0.2) is 30.5 Å². The Morgan fingerprint density at radius 1 is 1.32 bits per heavy atom. The van der Waals surface area contributed by atoms with E-state index in [2.05, 4.69) is 10.0 Å². The highest BCUT2D eigenvalue weighted by molar-refractivity contribution is 7.92. The molecule has 1 aliphatic heterocycles. The fraction of sp³-hybridized carbons (Fsp3) is 0.400. The second kappa shape index (κ2) is 6.34. The Balaban J connectivity index is 1.76. The number of hydrogen-bond acceptors (Lipinski definition) is 5. The number of anilines is 1. The summed E-state index contributed by atoms with van der Waals surface area (Å²) in [5, 5.41) is 3.42. The van der Waals surface area contributed by atoms with Crippen molar-refractivity contribution in [2.24, 2.45) is 0 Å². The maximum absolute atomic E-state index is 12.2. The van der Waals surface area contributed by atoms with Crippen LogP contribution in [0.5, 0.6) is 0 Å². The van der Waals surface area contributed by atoms with Gasteiger partial charge in [-0.2, -0.15) is 0 Å². The Morgan fingerprint density at radius 2 is 2.08 bits per heavy atom. The first-order valence-corrected chi connectivity index (χ1v) is 11.4. The Morgan fingerprint density at radius 3 is 2.72 bits per heavy atom. The van der Waals surface area contributed by atoms with E-state index in [1.54, 1.807) is 35.0 Å². The van der Waals surface area contributed by atoms with Crippen molar-refractivity contribution in [3.63, 3.8) is 0 Å². The van der Waals surface area contributed by atoms with Gasteiger partial charge in [0.05, 0.1) is 29.0 Å². The van der Waals surface area contributed by atoms with Crippen LogP contribution in [-0.2, 0) is 31.2 Å². The van der Waals surface area contributed by atoms with E-state index in [1.807, 2.05) is 0 Å². The molecule has 25 heavy (non-hydrogen) atoms. The molecule has 1 saturated heterocycles. The number of benzene rings is 1. The van der Waals surface area contributed by atoms with Gasteiger partial charge in [-0.25, -0.2) is 16.8 Å². The molecule has 1 amide bonds. The molecule has 2 aromatic rings. The van der Waals surface area contributed by atoms with E-state index < -0.39 is 19.9 Å². The standard InChI is InChI=1S/C15H19N3O5S2/c1-24(20,21)17-13-3-2-4-14-12(13)5-7-18(14)9-15(19)16-11-6-8-25(22,23)10-11/h2-5,7,11,17H,6,8-10H2,1H3,(H,16,19). The zero-order valence-corrected chi connectivity index (χ0v) is 15.2. The van der Waals surface area contributed by atoms with Gasteiger partial charge in [0.2, 0.25) is 15.9 Å². The highest BCUT2D eigenvalue weighted by atomic mass is 32.2. The molecule has 0 saturated carbocycles. The number of nitrogens with zero attached hydrogens (tertiary/aromatic N) is 1. The molecule has 1 aromatic carbocycles. The number of carbonyl (C=O) groups is 1.